The molecule has 0 atom stereocenters. The van der Waals surface area contributed by atoms with Crippen LogP contribution in [0, 0.1) is 0 Å². The van der Waals surface area contributed by atoms with Crippen molar-refractivity contribution in [3.63, 3.8) is 0 Å². The highest BCUT2D eigenvalue weighted by Gasteiger charge is 2.21. The molecule has 2 aromatic rings. The van der Waals surface area contributed by atoms with E-state index in [4.69, 9.17) is 0 Å². The largest absolute Gasteiger partial charge is 0.317 e. The average molecular weight is 394 g/mol. The molecule has 0 aliphatic heterocycles. The van der Waals surface area contributed by atoms with E-state index in [9.17, 15) is 8.42 Å². The molecule has 0 bridgehead atoms. The van der Waals surface area contributed by atoms with Crippen LogP contribution in [0.3, 0.4) is 0 Å². The predicted molar refractivity (Wildman–Crippen MR) is 84.5 cm³/mol. The summed E-state index contributed by atoms with van der Waals surface area (Å²) in [6, 6.07) is 1.66. The molecule has 2 N–H and O–H groups in total. The first-order valence-electron chi connectivity index (χ1n) is 6.27. The maximum Gasteiger partial charge on any atom is 0.242 e. The minimum atomic E-state index is -3.58. The van der Waals surface area contributed by atoms with E-state index in [-0.39, 0.29) is 11.4 Å². The third kappa shape index (κ3) is 3.89. The monoisotopic (exact) mass is 393 g/mol. The summed E-state index contributed by atoms with van der Waals surface area (Å²) >= 11 is 4.71. The normalized spacial score (nSPS) is 12.0. The number of halogens is 1. The van der Waals surface area contributed by atoms with Gasteiger partial charge >= 0.3 is 0 Å². The second kappa shape index (κ2) is 6.97. The number of nitrogens with zero attached hydrogens (tertiary/aromatic N) is 3. The molecule has 116 valence electrons. The van der Waals surface area contributed by atoms with E-state index in [1.807, 2.05) is 14.0 Å². The molecule has 0 spiro atoms. The molecule has 21 heavy (non-hydrogen) atoms. The summed E-state index contributed by atoms with van der Waals surface area (Å²) in [6.45, 7) is 3.38. The number of thiophene rings is 1. The van der Waals surface area contributed by atoms with E-state index in [1.54, 1.807) is 17.0 Å². The van der Waals surface area contributed by atoms with Gasteiger partial charge in [0.1, 0.15) is 17.0 Å². The highest BCUT2D eigenvalue weighted by atomic mass is 79.9. The molecule has 0 amide bonds. The van der Waals surface area contributed by atoms with E-state index in [2.05, 4.69) is 36.2 Å². The summed E-state index contributed by atoms with van der Waals surface area (Å²) in [4.78, 5) is 1.20. The Hall–Kier alpha value is -0.810. The van der Waals surface area contributed by atoms with Gasteiger partial charge in [0.25, 0.3) is 0 Å². The summed E-state index contributed by atoms with van der Waals surface area (Å²) in [5.41, 5.74) is 0. The van der Waals surface area contributed by atoms with Gasteiger partial charge in [0.15, 0.2) is 0 Å². The molecular formula is C11H16BrN5O2S2. The zero-order valence-corrected chi connectivity index (χ0v) is 14.8. The first kappa shape index (κ1) is 16.6. The quantitative estimate of drug-likeness (QED) is 0.740. The zero-order valence-electron chi connectivity index (χ0n) is 11.6. The molecule has 0 saturated carbocycles. The van der Waals surface area contributed by atoms with E-state index < -0.39 is 10.0 Å². The molecule has 0 saturated heterocycles. The van der Waals surface area contributed by atoms with Gasteiger partial charge in [-0.05, 0) is 36.0 Å². The maximum atomic E-state index is 12.4. The molecule has 7 nitrogen and oxygen atoms in total. The van der Waals surface area contributed by atoms with Crippen molar-refractivity contribution in [2.45, 2.75) is 31.5 Å². The lowest BCUT2D eigenvalue weighted by Crippen LogP contribution is -2.25. The van der Waals surface area contributed by atoms with E-state index >= 15 is 0 Å². The summed E-state index contributed by atoms with van der Waals surface area (Å²) < 4.78 is 29.6. The van der Waals surface area contributed by atoms with Crippen LogP contribution in [0.5, 0.6) is 0 Å². The molecule has 0 aliphatic carbocycles. The maximum absolute atomic E-state index is 12.4. The summed E-state index contributed by atoms with van der Waals surface area (Å²) in [5, 5.41) is 10.7. The van der Waals surface area contributed by atoms with Crippen LogP contribution >= 0.6 is 27.3 Å². The second-order valence-corrected chi connectivity index (χ2v) is 8.43. The van der Waals surface area contributed by atoms with Crippen molar-refractivity contribution in [3.05, 3.63) is 26.9 Å². The van der Waals surface area contributed by atoms with Gasteiger partial charge < -0.3 is 9.88 Å². The summed E-state index contributed by atoms with van der Waals surface area (Å²) in [7, 11) is -1.77. The fourth-order valence-corrected chi connectivity index (χ4v) is 5.43. The molecule has 0 radical (unpaired) electrons. The lowest BCUT2D eigenvalue weighted by atomic mass is 10.5. The number of sulfonamides is 1. The third-order valence-electron chi connectivity index (χ3n) is 2.80. The summed E-state index contributed by atoms with van der Waals surface area (Å²) in [6.07, 6.45) is 1.58. The Morgan fingerprint density at radius 2 is 2.19 bits per heavy atom. The molecule has 2 rings (SSSR count). The van der Waals surface area contributed by atoms with Gasteiger partial charge in [-0.25, -0.2) is 13.1 Å². The Kier molecular flexibility index (Phi) is 5.49. The van der Waals surface area contributed by atoms with Gasteiger partial charge in [0.05, 0.1) is 10.3 Å². The molecule has 10 heteroatoms. The number of rotatable bonds is 7. The van der Waals surface area contributed by atoms with Crippen molar-refractivity contribution in [2.24, 2.45) is 0 Å². The van der Waals surface area contributed by atoms with Crippen molar-refractivity contribution in [1.82, 2.24) is 24.8 Å². The SMILES string of the molecule is CCn1cnnc1CNS(=O)(=O)c1cc(CNC)sc1Br. The zero-order chi connectivity index (χ0) is 15.5. The number of hydrogen-bond acceptors (Lipinski definition) is 6. The molecular weight excluding hydrogens is 378 g/mol. The smallest absolute Gasteiger partial charge is 0.242 e. The van der Waals surface area contributed by atoms with E-state index in [0.717, 1.165) is 4.88 Å². The van der Waals surface area contributed by atoms with E-state index in [0.29, 0.717) is 22.7 Å². The van der Waals surface area contributed by atoms with Crippen LogP contribution in [0.2, 0.25) is 0 Å². The first-order valence-corrected chi connectivity index (χ1v) is 9.36. The summed E-state index contributed by atoms with van der Waals surface area (Å²) in [5.74, 6) is 0.586. The number of nitrogens with one attached hydrogen (secondary N) is 2. The van der Waals surface area contributed by atoms with Crippen molar-refractivity contribution >= 4 is 37.3 Å². The highest BCUT2D eigenvalue weighted by Crippen LogP contribution is 2.31. The number of hydrogen-bond donors (Lipinski definition) is 2. The number of aryl methyl sites for hydroxylation is 1. The van der Waals surface area contributed by atoms with Crippen LogP contribution in [0.1, 0.15) is 17.6 Å². The van der Waals surface area contributed by atoms with Crippen molar-refractivity contribution < 1.29 is 8.42 Å². The van der Waals surface area contributed by atoms with Gasteiger partial charge in [-0.1, -0.05) is 0 Å². The Morgan fingerprint density at radius 3 is 2.86 bits per heavy atom. The minimum absolute atomic E-state index is 0.111. The van der Waals surface area contributed by atoms with Gasteiger partial charge in [-0.15, -0.1) is 21.5 Å². The van der Waals surface area contributed by atoms with Gasteiger partial charge in [-0.3, -0.25) is 0 Å². The van der Waals surface area contributed by atoms with Gasteiger partial charge in [-0.2, -0.15) is 0 Å². The van der Waals surface area contributed by atoms with Crippen LogP contribution in [0.25, 0.3) is 0 Å². The first-order chi connectivity index (χ1) is 9.97. The average Bonchev–Trinajstić information content (AvgIpc) is 3.03. The van der Waals surface area contributed by atoms with Crippen LogP contribution < -0.4 is 10.0 Å². The van der Waals surface area contributed by atoms with Crippen molar-refractivity contribution in [3.8, 4) is 0 Å². The molecule has 0 fully saturated rings. The highest BCUT2D eigenvalue weighted by molar-refractivity contribution is 9.11. The Bertz CT molecular complexity index is 710. The van der Waals surface area contributed by atoms with E-state index in [1.165, 1.54) is 11.3 Å². The van der Waals surface area contributed by atoms with Crippen molar-refractivity contribution in [1.29, 1.82) is 0 Å². The Balaban J connectivity index is 2.15. The standard InChI is InChI=1S/C11H16BrN5O2S2/c1-3-17-7-14-16-10(17)6-15-21(18,19)9-4-8(5-13-2)20-11(9)12/h4,7,13,15H,3,5-6H2,1-2H3. The molecule has 2 aromatic heterocycles. The van der Waals surface area contributed by atoms with Gasteiger partial charge in [0, 0.05) is 18.0 Å². The Morgan fingerprint density at radius 1 is 1.43 bits per heavy atom. The fourth-order valence-electron chi connectivity index (χ4n) is 1.76. The van der Waals surface area contributed by atoms with Crippen molar-refractivity contribution in [2.75, 3.05) is 7.05 Å². The molecule has 2 heterocycles. The lowest BCUT2D eigenvalue weighted by Gasteiger charge is -2.06. The van der Waals surface area contributed by atoms with Crippen LogP contribution in [-0.4, -0.2) is 30.2 Å². The van der Waals surface area contributed by atoms with Crippen LogP contribution in [0.4, 0.5) is 0 Å². The molecule has 0 aromatic carbocycles. The predicted octanol–water partition coefficient (Wildman–Crippen LogP) is 1.32. The van der Waals surface area contributed by atoms with Crippen LogP contribution in [-0.2, 0) is 29.7 Å². The fraction of sp³-hybridized carbons (Fsp3) is 0.455. The topological polar surface area (TPSA) is 88.9 Å². The second-order valence-electron chi connectivity index (χ2n) is 4.24. The Labute approximate surface area is 136 Å². The third-order valence-corrected chi connectivity index (χ3v) is 6.46. The molecule has 0 unspecified atom stereocenters. The van der Waals surface area contributed by atoms with Crippen LogP contribution in [0.15, 0.2) is 21.1 Å². The minimum Gasteiger partial charge on any atom is -0.317 e. The van der Waals surface area contributed by atoms with Gasteiger partial charge in [0.2, 0.25) is 10.0 Å². The number of aromatic nitrogens is 3. The lowest BCUT2D eigenvalue weighted by molar-refractivity contribution is 0.575. The molecule has 0 aliphatic rings.